The van der Waals surface area contributed by atoms with Crippen molar-refractivity contribution in [1.29, 1.82) is 0 Å². The van der Waals surface area contributed by atoms with Crippen LogP contribution in [0, 0.1) is 11.6 Å². The molecule has 0 unspecified atom stereocenters. The summed E-state index contributed by atoms with van der Waals surface area (Å²) in [5.74, 6) is -0.942. The molecule has 0 aromatic heterocycles. The fourth-order valence-electron chi connectivity index (χ4n) is 1.47. The van der Waals surface area contributed by atoms with Gasteiger partial charge in [0, 0.05) is 6.07 Å². The Hall–Kier alpha value is -0.960. The highest BCUT2D eigenvalue weighted by Crippen LogP contribution is 2.12. The van der Waals surface area contributed by atoms with Crippen LogP contribution in [0.4, 0.5) is 8.78 Å². The van der Waals surface area contributed by atoms with E-state index in [9.17, 15) is 8.78 Å². The zero-order valence-electron chi connectivity index (χ0n) is 9.02. The van der Waals surface area contributed by atoms with Gasteiger partial charge in [0.15, 0.2) is 0 Å². The van der Waals surface area contributed by atoms with Crippen LogP contribution in [0.25, 0.3) is 0 Å². The summed E-state index contributed by atoms with van der Waals surface area (Å²) in [7, 11) is 0. The fourth-order valence-corrected chi connectivity index (χ4v) is 1.47. The van der Waals surface area contributed by atoms with E-state index in [0.717, 1.165) is 32.0 Å². The van der Waals surface area contributed by atoms with Gasteiger partial charge in [0.25, 0.3) is 0 Å². The number of hydrogen-bond acceptors (Lipinski definition) is 1. The molecule has 0 amide bonds. The van der Waals surface area contributed by atoms with E-state index in [0.29, 0.717) is 12.0 Å². The standard InChI is InChI=1S/C12H17F2N/c1-2-15-8-4-3-5-10-6-7-11(13)9-12(10)14/h6-7,9,15H,2-5,8H2,1H3. The lowest BCUT2D eigenvalue weighted by molar-refractivity contribution is 0.564. The quantitative estimate of drug-likeness (QED) is 0.716. The topological polar surface area (TPSA) is 12.0 Å². The van der Waals surface area contributed by atoms with Crippen molar-refractivity contribution in [1.82, 2.24) is 5.32 Å². The molecule has 0 radical (unpaired) electrons. The van der Waals surface area contributed by atoms with Crippen molar-refractivity contribution in [2.75, 3.05) is 13.1 Å². The zero-order valence-corrected chi connectivity index (χ0v) is 9.02. The molecule has 0 aliphatic carbocycles. The van der Waals surface area contributed by atoms with Crippen molar-refractivity contribution in [3.05, 3.63) is 35.4 Å². The molecule has 1 N–H and O–H groups in total. The summed E-state index contributed by atoms with van der Waals surface area (Å²) < 4.78 is 25.8. The minimum Gasteiger partial charge on any atom is -0.317 e. The summed E-state index contributed by atoms with van der Waals surface area (Å²) in [5, 5.41) is 3.20. The average molecular weight is 213 g/mol. The van der Waals surface area contributed by atoms with Gasteiger partial charge in [-0.2, -0.15) is 0 Å². The molecule has 1 aromatic rings. The van der Waals surface area contributed by atoms with Crippen molar-refractivity contribution in [3.8, 4) is 0 Å². The summed E-state index contributed by atoms with van der Waals surface area (Å²) in [6.45, 7) is 3.98. The Balaban J connectivity index is 2.31. The first kappa shape index (κ1) is 12.1. The highest BCUT2D eigenvalue weighted by molar-refractivity contribution is 5.18. The van der Waals surface area contributed by atoms with E-state index in [-0.39, 0.29) is 0 Å². The van der Waals surface area contributed by atoms with Crippen molar-refractivity contribution >= 4 is 0 Å². The zero-order chi connectivity index (χ0) is 11.1. The van der Waals surface area contributed by atoms with Crippen LogP contribution in [-0.4, -0.2) is 13.1 Å². The van der Waals surface area contributed by atoms with Crippen LogP contribution in [0.5, 0.6) is 0 Å². The smallest absolute Gasteiger partial charge is 0.129 e. The van der Waals surface area contributed by atoms with Gasteiger partial charge in [-0.1, -0.05) is 13.0 Å². The van der Waals surface area contributed by atoms with E-state index in [2.05, 4.69) is 12.2 Å². The Kier molecular flexibility index (Phi) is 5.26. The Morgan fingerprint density at radius 3 is 2.67 bits per heavy atom. The molecule has 0 aliphatic heterocycles. The summed E-state index contributed by atoms with van der Waals surface area (Å²) in [4.78, 5) is 0. The maximum absolute atomic E-state index is 13.2. The van der Waals surface area contributed by atoms with Crippen molar-refractivity contribution in [2.45, 2.75) is 26.2 Å². The molecule has 0 spiro atoms. The number of halogens is 2. The van der Waals surface area contributed by atoms with Gasteiger partial charge < -0.3 is 5.32 Å². The Bertz CT molecular complexity index is 300. The van der Waals surface area contributed by atoms with E-state index in [1.54, 1.807) is 0 Å². The molecule has 0 aliphatic rings. The first-order chi connectivity index (χ1) is 7.24. The molecule has 1 rings (SSSR count). The molecule has 0 atom stereocenters. The first-order valence-electron chi connectivity index (χ1n) is 5.38. The van der Waals surface area contributed by atoms with Gasteiger partial charge in [0.1, 0.15) is 11.6 Å². The molecule has 0 saturated heterocycles. The monoisotopic (exact) mass is 213 g/mol. The van der Waals surface area contributed by atoms with Gasteiger partial charge >= 0.3 is 0 Å². The molecule has 84 valence electrons. The molecular formula is C12H17F2N. The lowest BCUT2D eigenvalue weighted by Crippen LogP contribution is -2.14. The van der Waals surface area contributed by atoms with Crippen LogP contribution in [0.1, 0.15) is 25.3 Å². The number of hydrogen-bond donors (Lipinski definition) is 1. The van der Waals surface area contributed by atoms with Gasteiger partial charge in [0.05, 0.1) is 0 Å². The second-order valence-electron chi connectivity index (χ2n) is 3.55. The molecular weight excluding hydrogens is 196 g/mol. The lowest BCUT2D eigenvalue weighted by Gasteiger charge is -2.03. The van der Waals surface area contributed by atoms with Crippen LogP contribution in [-0.2, 0) is 6.42 Å². The Morgan fingerprint density at radius 2 is 2.00 bits per heavy atom. The van der Waals surface area contributed by atoms with E-state index in [4.69, 9.17) is 0 Å². The maximum Gasteiger partial charge on any atom is 0.129 e. The lowest BCUT2D eigenvalue weighted by atomic mass is 10.1. The molecule has 3 heteroatoms. The molecule has 0 fully saturated rings. The third-order valence-corrected chi connectivity index (χ3v) is 2.31. The SMILES string of the molecule is CCNCCCCc1ccc(F)cc1F. The summed E-state index contributed by atoms with van der Waals surface area (Å²) in [6, 6.07) is 3.78. The Labute approximate surface area is 89.5 Å². The van der Waals surface area contributed by atoms with E-state index < -0.39 is 11.6 Å². The second-order valence-corrected chi connectivity index (χ2v) is 3.55. The number of rotatable bonds is 6. The fraction of sp³-hybridized carbons (Fsp3) is 0.500. The minimum atomic E-state index is -0.510. The van der Waals surface area contributed by atoms with Gasteiger partial charge in [-0.25, -0.2) is 8.78 Å². The van der Waals surface area contributed by atoms with Gasteiger partial charge in [0.2, 0.25) is 0 Å². The molecule has 0 saturated carbocycles. The predicted molar refractivity (Wildman–Crippen MR) is 57.8 cm³/mol. The Morgan fingerprint density at radius 1 is 1.20 bits per heavy atom. The normalized spacial score (nSPS) is 10.6. The van der Waals surface area contributed by atoms with Crippen LogP contribution in [0.2, 0.25) is 0 Å². The predicted octanol–water partition coefficient (Wildman–Crippen LogP) is 2.90. The van der Waals surface area contributed by atoms with Crippen molar-refractivity contribution < 1.29 is 8.78 Å². The summed E-state index contributed by atoms with van der Waals surface area (Å²) in [6.07, 6.45) is 2.62. The second kappa shape index (κ2) is 6.51. The summed E-state index contributed by atoms with van der Waals surface area (Å²) >= 11 is 0. The minimum absolute atomic E-state index is 0.432. The van der Waals surface area contributed by atoms with Gasteiger partial charge in [-0.3, -0.25) is 0 Å². The van der Waals surface area contributed by atoms with Crippen molar-refractivity contribution in [2.24, 2.45) is 0 Å². The van der Waals surface area contributed by atoms with Crippen LogP contribution in [0.15, 0.2) is 18.2 Å². The highest BCUT2D eigenvalue weighted by atomic mass is 19.1. The molecule has 1 nitrogen and oxygen atoms in total. The number of aryl methyl sites for hydroxylation is 1. The van der Waals surface area contributed by atoms with E-state index >= 15 is 0 Å². The summed E-state index contributed by atoms with van der Waals surface area (Å²) in [5.41, 5.74) is 0.605. The average Bonchev–Trinajstić information content (AvgIpc) is 2.20. The third-order valence-electron chi connectivity index (χ3n) is 2.31. The van der Waals surface area contributed by atoms with E-state index in [1.807, 2.05) is 0 Å². The number of unbranched alkanes of at least 4 members (excludes halogenated alkanes) is 1. The molecule has 0 heterocycles. The number of benzene rings is 1. The highest BCUT2D eigenvalue weighted by Gasteiger charge is 2.02. The number of nitrogens with one attached hydrogen (secondary N) is 1. The van der Waals surface area contributed by atoms with Gasteiger partial charge in [-0.05, 0) is 44.0 Å². The third kappa shape index (κ3) is 4.38. The molecule has 15 heavy (non-hydrogen) atoms. The molecule has 0 bridgehead atoms. The van der Waals surface area contributed by atoms with Gasteiger partial charge in [-0.15, -0.1) is 0 Å². The first-order valence-corrected chi connectivity index (χ1v) is 5.38. The van der Waals surface area contributed by atoms with E-state index in [1.165, 1.54) is 12.1 Å². The molecule has 1 aromatic carbocycles. The van der Waals surface area contributed by atoms with Crippen LogP contribution < -0.4 is 5.32 Å². The maximum atomic E-state index is 13.2. The van der Waals surface area contributed by atoms with Crippen LogP contribution in [0.3, 0.4) is 0 Å². The largest absolute Gasteiger partial charge is 0.317 e. The van der Waals surface area contributed by atoms with Crippen LogP contribution >= 0.6 is 0 Å². The van der Waals surface area contributed by atoms with Crippen molar-refractivity contribution in [3.63, 3.8) is 0 Å².